The van der Waals surface area contributed by atoms with Crippen LogP contribution in [0.15, 0.2) is 65.7 Å². The molecule has 0 unspecified atom stereocenters. The molecule has 0 radical (unpaired) electrons. The smallest absolute Gasteiger partial charge is 0.224 e. The summed E-state index contributed by atoms with van der Waals surface area (Å²) in [5, 5.41) is 15.7. The highest BCUT2D eigenvalue weighted by Crippen LogP contribution is 2.33. The van der Waals surface area contributed by atoms with Gasteiger partial charge in [-0.2, -0.15) is 16.4 Å². The van der Waals surface area contributed by atoms with Crippen molar-refractivity contribution in [1.82, 2.24) is 30.1 Å². The zero-order valence-electron chi connectivity index (χ0n) is 18.9. The molecule has 35 heavy (non-hydrogen) atoms. The van der Waals surface area contributed by atoms with Crippen molar-refractivity contribution in [3.63, 3.8) is 0 Å². The van der Waals surface area contributed by atoms with Gasteiger partial charge < -0.3 is 10.3 Å². The van der Waals surface area contributed by atoms with Crippen LogP contribution in [0.2, 0.25) is 0 Å². The molecule has 0 atom stereocenters. The highest BCUT2D eigenvalue weighted by Gasteiger charge is 2.16. The van der Waals surface area contributed by atoms with Crippen LogP contribution in [-0.4, -0.2) is 36.0 Å². The summed E-state index contributed by atoms with van der Waals surface area (Å²) >= 11 is 1.65. The molecule has 6 aromatic heterocycles. The molecule has 0 spiro atoms. The Morgan fingerprint density at radius 1 is 1.06 bits per heavy atom. The number of pyridine rings is 3. The average molecular weight is 480 g/mol. The maximum atomic E-state index is 12.0. The van der Waals surface area contributed by atoms with Crippen LogP contribution in [0.3, 0.4) is 0 Å². The van der Waals surface area contributed by atoms with E-state index >= 15 is 0 Å². The zero-order chi connectivity index (χ0) is 23.8. The molecule has 3 N–H and O–H groups in total. The van der Waals surface area contributed by atoms with Crippen molar-refractivity contribution < 1.29 is 4.79 Å². The number of H-pyrrole nitrogens is 2. The fourth-order valence-electron chi connectivity index (χ4n) is 4.16. The van der Waals surface area contributed by atoms with Crippen LogP contribution in [0.4, 0.5) is 5.69 Å². The monoisotopic (exact) mass is 479 g/mol. The van der Waals surface area contributed by atoms with Crippen LogP contribution in [-0.2, 0) is 4.79 Å². The lowest BCUT2D eigenvalue weighted by Gasteiger charge is -2.06. The largest absolute Gasteiger partial charge is 0.353 e. The second-order valence-corrected chi connectivity index (χ2v) is 9.02. The van der Waals surface area contributed by atoms with E-state index in [1.807, 2.05) is 37.4 Å². The van der Waals surface area contributed by atoms with Gasteiger partial charge in [0, 0.05) is 46.2 Å². The van der Waals surface area contributed by atoms with E-state index in [0.717, 1.165) is 62.3 Å². The quantitative estimate of drug-likeness (QED) is 0.270. The van der Waals surface area contributed by atoms with Gasteiger partial charge in [0.05, 0.1) is 34.5 Å². The normalized spacial score (nSPS) is 11.3. The van der Waals surface area contributed by atoms with E-state index in [0.29, 0.717) is 12.1 Å². The van der Waals surface area contributed by atoms with Crippen LogP contribution in [0, 0.1) is 0 Å². The fraction of sp³-hybridized carbons (Fsp3) is 0.115. The number of thiophene rings is 1. The van der Waals surface area contributed by atoms with Gasteiger partial charge in [0.1, 0.15) is 11.2 Å². The summed E-state index contributed by atoms with van der Waals surface area (Å²) in [6.45, 7) is 1.97. The zero-order valence-corrected chi connectivity index (χ0v) is 19.7. The Morgan fingerprint density at radius 3 is 2.86 bits per heavy atom. The van der Waals surface area contributed by atoms with Gasteiger partial charge in [-0.3, -0.25) is 19.9 Å². The first-order valence-electron chi connectivity index (χ1n) is 11.3. The lowest BCUT2D eigenvalue weighted by atomic mass is 10.1. The van der Waals surface area contributed by atoms with E-state index in [-0.39, 0.29) is 5.91 Å². The predicted octanol–water partition coefficient (Wildman–Crippen LogP) is 6.03. The summed E-state index contributed by atoms with van der Waals surface area (Å²) in [4.78, 5) is 29.3. The molecule has 0 saturated carbocycles. The minimum Gasteiger partial charge on any atom is -0.353 e. The molecule has 172 valence electrons. The Bertz CT molecular complexity index is 1670. The van der Waals surface area contributed by atoms with Crippen molar-refractivity contribution in [3.8, 4) is 33.9 Å². The fourth-order valence-corrected chi connectivity index (χ4v) is 4.80. The van der Waals surface area contributed by atoms with Crippen LogP contribution in [0.5, 0.6) is 0 Å². The number of hydrogen-bond acceptors (Lipinski definition) is 6. The number of carbonyl (C=O) groups excluding carboxylic acids is 1. The molecule has 0 aliphatic rings. The molecule has 1 amide bonds. The number of carbonyl (C=O) groups is 1. The van der Waals surface area contributed by atoms with Crippen molar-refractivity contribution in [2.24, 2.45) is 0 Å². The van der Waals surface area contributed by atoms with Crippen LogP contribution in [0.25, 0.3) is 55.8 Å². The molecular weight excluding hydrogens is 458 g/mol. The second-order valence-electron chi connectivity index (χ2n) is 8.24. The highest BCUT2D eigenvalue weighted by molar-refractivity contribution is 7.08. The third-order valence-corrected chi connectivity index (χ3v) is 6.48. The number of rotatable bonds is 6. The average Bonchev–Trinajstić information content (AvgIpc) is 3.63. The molecule has 8 nitrogen and oxygen atoms in total. The van der Waals surface area contributed by atoms with Gasteiger partial charge in [-0.25, -0.2) is 4.98 Å². The number of hydrogen-bond donors (Lipinski definition) is 3. The first-order chi connectivity index (χ1) is 17.2. The maximum absolute atomic E-state index is 12.0. The van der Waals surface area contributed by atoms with E-state index < -0.39 is 0 Å². The number of nitrogens with one attached hydrogen (secondary N) is 3. The van der Waals surface area contributed by atoms with Gasteiger partial charge in [0.15, 0.2) is 0 Å². The minimum absolute atomic E-state index is 0.0258. The summed E-state index contributed by atoms with van der Waals surface area (Å²) in [6, 6.07) is 11.9. The Labute approximate surface area is 204 Å². The maximum Gasteiger partial charge on any atom is 0.224 e. The van der Waals surface area contributed by atoms with E-state index in [2.05, 4.69) is 53.4 Å². The van der Waals surface area contributed by atoms with Crippen molar-refractivity contribution in [1.29, 1.82) is 0 Å². The predicted molar refractivity (Wildman–Crippen MR) is 139 cm³/mol. The summed E-state index contributed by atoms with van der Waals surface area (Å²) in [5.74, 6) is -0.0258. The van der Waals surface area contributed by atoms with E-state index in [1.54, 1.807) is 23.7 Å². The number of amides is 1. The van der Waals surface area contributed by atoms with Crippen molar-refractivity contribution in [2.45, 2.75) is 19.8 Å². The second kappa shape index (κ2) is 8.77. The summed E-state index contributed by atoms with van der Waals surface area (Å²) in [7, 11) is 0. The first kappa shape index (κ1) is 21.2. The molecule has 0 bridgehead atoms. The van der Waals surface area contributed by atoms with Crippen LogP contribution >= 0.6 is 11.3 Å². The third kappa shape index (κ3) is 3.95. The Balaban J connectivity index is 1.40. The Hall–Kier alpha value is -4.37. The lowest BCUT2D eigenvalue weighted by molar-refractivity contribution is -0.116. The summed E-state index contributed by atoms with van der Waals surface area (Å²) in [5.41, 5.74) is 8.41. The highest BCUT2D eigenvalue weighted by atomic mass is 32.1. The molecule has 0 fully saturated rings. The standard InChI is InChI=1S/C26H21N7OS/c1-2-3-23(34)29-17-10-16(12-27-13-17)19-4-5-21-25(31-19)26(33-32-21)22-11-18-20(30-22)6-8-28-24(18)15-7-9-35-14-15/h4-14,30H,2-3H2,1H3,(H,29,34)(H,32,33). The molecule has 0 aliphatic heterocycles. The van der Waals surface area contributed by atoms with Crippen molar-refractivity contribution in [3.05, 3.63) is 65.7 Å². The van der Waals surface area contributed by atoms with Crippen molar-refractivity contribution in [2.75, 3.05) is 5.32 Å². The van der Waals surface area contributed by atoms with E-state index in [1.165, 1.54) is 0 Å². The molecular formula is C26H21N7OS. The van der Waals surface area contributed by atoms with Gasteiger partial charge in [-0.15, -0.1) is 0 Å². The van der Waals surface area contributed by atoms with E-state index in [9.17, 15) is 4.79 Å². The topological polar surface area (TPSA) is 112 Å². The number of nitrogens with zero attached hydrogens (tertiary/aromatic N) is 4. The first-order valence-corrected chi connectivity index (χ1v) is 12.2. The van der Waals surface area contributed by atoms with Gasteiger partial charge in [0.25, 0.3) is 0 Å². The Kier molecular flexibility index (Phi) is 5.31. The minimum atomic E-state index is -0.0258. The summed E-state index contributed by atoms with van der Waals surface area (Å²) in [6.07, 6.45) is 6.46. The Morgan fingerprint density at radius 2 is 2.00 bits per heavy atom. The molecule has 0 aromatic carbocycles. The number of anilines is 1. The molecule has 0 aliphatic carbocycles. The van der Waals surface area contributed by atoms with Gasteiger partial charge in [0.2, 0.25) is 5.91 Å². The van der Waals surface area contributed by atoms with Crippen LogP contribution < -0.4 is 5.32 Å². The SMILES string of the molecule is CCCC(=O)Nc1cncc(-c2ccc3[nH]nc(-c4cc5c(-c6ccsc6)nccc5[nH]4)c3n2)c1. The number of aromatic amines is 2. The van der Waals surface area contributed by atoms with E-state index in [4.69, 9.17) is 4.98 Å². The number of aromatic nitrogens is 6. The molecule has 6 aromatic rings. The van der Waals surface area contributed by atoms with Gasteiger partial charge in [-0.1, -0.05) is 6.92 Å². The summed E-state index contributed by atoms with van der Waals surface area (Å²) < 4.78 is 0. The lowest BCUT2D eigenvalue weighted by Crippen LogP contribution is -2.10. The molecule has 9 heteroatoms. The molecule has 0 saturated heterocycles. The molecule has 6 rings (SSSR count). The molecule has 6 heterocycles. The van der Waals surface area contributed by atoms with Gasteiger partial charge >= 0.3 is 0 Å². The van der Waals surface area contributed by atoms with Crippen LogP contribution in [0.1, 0.15) is 19.8 Å². The number of fused-ring (bicyclic) bond motifs is 2. The van der Waals surface area contributed by atoms with Crippen molar-refractivity contribution >= 4 is 44.9 Å². The van der Waals surface area contributed by atoms with Gasteiger partial charge in [-0.05, 0) is 48.2 Å². The third-order valence-electron chi connectivity index (χ3n) is 5.80.